The highest BCUT2D eigenvalue weighted by molar-refractivity contribution is 7.91. The SMILES string of the molecule is CC1(C)CNC(C2CCS(=O)(=O)C2)O1. The molecule has 5 heteroatoms. The van der Waals surface area contributed by atoms with Gasteiger partial charge in [0, 0.05) is 12.5 Å². The van der Waals surface area contributed by atoms with Crippen LogP contribution in [0.1, 0.15) is 20.3 Å². The Hall–Kier alpha value is -0.130. The van der Waals surface area contributed by atoms with Gasteiger partial charge >= 0.3 is 0 Å². The van der Waals surface area contributed by atoms with E-state index in [2.05, 4.69) is 5.32 Å². The molecule has 14 heavy (non-hydrogen) atoms. The van der Waals surface area contributed by atoms with Crippen molar-refractivity contribution in [3.05, 3.63) is 0 Å². The third-order valence-corrected chi connectivity index (χ3v) is 4.66. The number of nitrogens with one attached hydrogen (secondary N) is 1. The van der Waals surface area contributed by atoms with E-state index in [4.69, 9.17) is 4.74 Å². The Morgan fingerprint density at radius 1 is 1.43 bits per heavy atom. The van der Waals surface area contributed by atoms with Crippen molar-refractivity contribution < 1.29 is 13.2 Å². The Bertz CT molecular complexity index is 323. The summed E-state index contributed by atoms with van der Waals surface area (Å²) in [5.41, 5.74) is -0.156. The van der Waals surface area contributed by atoms with E-state index in [-0.39, 0.29) is 23.5 Å². The molecule has 2 saturated heterocycles. The lowest BCUT2D eigenvalue weighted by molar-refractivity contribution is -0.0369. The normalized spacial score (nSPS) is 40.1. The minimum absolute atomic E-state index is 0.0673. The van der Waals surface area contributed by atoms with Gasteiger partial charge in [-0.1, -0.05) is 0 Å². The van der Waals surface area contributed by atoms with Crippen molar-refractivity contribution in [2.75, 3.05) is 18.1 Å². The second-order valence-electron chi connectivity index (χ2n) is 4.84. The van der Waals surface area contributed by atoms with Crippen LogP contribution in [-0.4, -0.2) is 38.3 Å². The van der Waals surface area contributed by atoms with E-state index in [9.17, 15) is 8.42 Å². The van der Waals surface area contributed by atoms with Crippen LogP contribution in [0.3, 0.4) is 0 Å². The third kappa shape index (κ3) is 2.10. The zero-order valence-corrected chi connectivity index (χ0v) is 9.43. The lowest BCUT2D eigenvalue weighted by atomic mass is 10.1. The molecular weight excluding hydrogens is 202 g/mol. The Kier molecular flexibility index (Phi) is 2.36. The Morgan fingerprint density at radius 2 is 2.14 bits per heavy atom. The highest BCUT2D eigenvalue weighted by Crippen LogP contribution is 2.28. The standard InChI is InChI=1S/C9H17NO3S/c1-9(2)6-10-8(13-9)7-3-4-14(11,12)5-7/h7-8,10H,3-6H2,1-2H3. The third-order valence-electron chi connectivity index (χ3n) is 2.87. The van der Waals surface area contributed by atoms with Gasteiger partial charge in [-0.15, -0.1) is 0 Å². The molecular formula is C9H17NO3S. The van der Waals surface area contributed by atoms with E-state index in [1.54, 1.807) is 0 Å². The average Bonchev–Trinajstić information content (AvgIpc) is 2.54. The number of sulfone groups is 1. The molecule has 2 fully saturated rings. The van der Waals surface area contributed by atoms with Gasteiger partial charge in [-0.3, -0.25) is 5.32 Å². The highest BCUT2D eigenvalue weighted by atomic mass is 32.2. The first kappa shape index (κ1) is 10.4. The Labute approximate surface area is 84.9 Å². The maximum atomic E-state index is 11.3. The molecule has 0 saturated carbocycles. The van der Waals surface area contributed by atoms with Crippen LogP contribution in [0.5, 0.6) is 0 Å². The van der Waals surface area contributed by atoms with Crippen molar-refractivity contribution in [2.24, 2.45) is 5.92 Å². The lowest BCUT2D eigenvalue weighted by Crippen LogP contribution is -2.32. The van der Waals surface area contributed by atoms with Gasteiger partial charge in [0.1, 0.15) is 6.23 Å². The summed E-state index contributed by atoms with van der Waals surface area (Å²) in [6.07, 6.45) is 0.665. The summed E-state index contributed by atoms with van der Waals surface area (Å²) in [7, 11) is -2.79. The summed E-state index contributed by atoms with van der Waals surface area (Å²) >= 11 is 0. The van der Waals surface area contributed by atoms with Crippen molar-refractivity contribution in [1.82, 2.24) is 5.32 Å². The van der Waals surface area contributed by atoms with Gasteiger partial charge in [0.05, 0.1) is 17.1 Å². The van der Waals surface area contributed by atoms with Crippen LogP contribution >= 0.6 is 0 Å². The monoisotopic (exact) mass is 219 g/mol. The molecule has 0 aliphatic carbocycles. The summed E-state index contributed by atoms with van der Waals surface area (Å²) in [4.78, 5) is 0. The lowest BCUT2D eigenvalue weighted by Gasteiger charge is -2.20. The van der Waals surface area contributed by atoms with Gasteiger partial charge < -0.3 is 4.74 Å². The summed E-state index contributed by atoms with van der Waals surface area (Å²) < 4.78 is 28.3. The molecule has 2 heterocycles. The van der Waals surface area contributed by atoms with Crippen LogP contribution in [0.2, 0.25) is 0 Å². The Balaban J connectivity index is 1.99. The van der Waals surface area contributed by atoms with E-state index in [1.807, 2.05) is 13.8 Å². The second-order valence-corrected chi connectivity index (χ2v) is 7.07. The molecule has 0 aromatic heterocycles. The van der Waals surface area contributed by atoms with Gasteiger partial charge in [-0.05, 0) is 20.3 Å². The molecule has 2 aliphatic rings. The molecule has 2 atom stereocenters. The number of hydrogen-bond acceptors (Lipinski definition) is 4. The van der Waals surface area contributed by atoms with Gasteiger partial charge in [0.15, 0.2) is 9.84 Å². The average molecular weight is 219 g/mol. The van der Waals surface area contributed by atoms with Crippen LogP contribution in [0, 0.1) is 5.92 Å². The molecule has 4 nitrogen and oxygen atoms in total. The first-order chi connectivity index (χ1) is 6.38. The van der Waals surface area contributed by atoms with Crippen LogP contribution < -0.4 is 5.32 Å². The quantitative estimate of drug-likeness (QED) is 0.682. The molecule has 1 N–H and O–H groups in total. The zero-order chi connectivity index (χ0) is 10.4. The predicted octanol–water partition coefficient (Wildman–Crippen LogP) is 0.146. The van der Waals surface area contributed by atoms with Gasteiger partial charge in [-0.2, -0.15) is 0 Å². The minimum atomic E-state index is -2.79. The van der Waals surface area contributed by atoms with Gasteiger partial charge in [0.2, 0.25) is 0 Å². The molecule has 0 radical (unpaired) electrons. The molecule has 82 valence electrons. The summed E-state index contributed by atoms with van der Waals surface area (Å²) in [5.74, 6) is 0.738. The topological polar surface area (TPSA) is 55.4 Å². The number of ether oxygens (including phenoxy) is 1. The number of hydrogen-bond donors (Lipinski definition) is 1. The summed E-state index contributed by atoms with van der Waals surface area (Å²) in [5, 5.41) is 3.24. The van der Waals surface area contributed by atoms with Gasteiger partial charge in [-0.25, -0.2) is 8.42 Å². The van der Waals surface area contributed by atoms with Gasteiger partial charge in [0.25, 0.3) is 0 Å². The van der Waals surface area contributed by atoms with E-state index in [1.165, 1.54) is 0 Å². The summed E-state index contributed by atoms with van der Waals surface area (Å²) in [6.45, 7) is 4.83. The molecule has 0 spiro atoms. The van der Waals surface area contributed by atoms with Crippen LogP contribution in [0.15, 0.2) is 0 Å². The Morgan fingerprint density at radius 3 is 2.57 bits per heavy atom. The fourth-order valence-corrected chi connectivity index (χ4v) is 3.92. The maximum absolute atomic E-state index is 11.3. The fourth-order valence-electron chi connectivity index (χ4n) is 2.10. The molecule has 0 aromatic carbocycles. The molecule has 0 bridgehead atoms. The predicted molar refractivity (Wildman–Crippen MR) is 53.7 cm³/mol. The van der Waals surface area contributed by atoms with Crippen LogP contribution in [-0.2, 0) is 14.6 Å². The molecule has 2 unspecified atom stereocenters. The minimum Gasteiger partial charge on any atom is -0.356 e. The van der Waals surface area contributed by atoms with Crippen molar-refractivity contribution in [1.29, 1.82) is 0 Å². The largest absolute Gasteiger partial charge is 0.356 e. The first-order valence-electron chi connectivity index (χ1n) is 5.00. The van der Waals surface area contributed by atoms with E-state index >= 15 is 0 Å². The van der Waals surface area contributed by atoms with E-state index in [0.717, 1.165) is 13.0 Å². The van der Waals surface area contributed by atoms with E-state index in [0.29, 0.717) is 5.75 Å². The van der Waals surface area contributed by atoms with Crippen molar-refractivity contribution in [3.8, 4) is 0 Å². The van der Waals surface area contributed by atoms with Crippen LogP contribution in [0.25, 0.3) is 0 Å². The van der Waals surface area contributed by atoms with Crippen LogP contribution in [0.4, 0.5) is 0 Å². The zero-order valence-electron chi connectivity index (χ0n) is 8.62. The molecule has 2 rings (SSSR count). The molecule has 0 amide bonds. The number of rotatable bonds is 1. The van der Waals surface area contributed by atoms with Crippen molar-refractivity contribution in [2.45, 2.75) is 32.1 Å². The fraction of sp³-hybridized carbons (Fsp3) is 1.00. The second kappa shape index (κ2) is 3.18. The highest BCUT2D eigenvalue weighted by Gasteiger charge is 2.40. The van der Waals surface area contributed by atoms with Crippen molar-refractivity contribution in [3.63, 3.8) is 0 Å². The smallest absolute Gasteiger partial charge is 0.150 e. The maximum Gasteiger partial charge on any atom is 0.150 e. The molecule has 0 aromatic rings. The van der Waals surface area contributed by atoms with E-state index < -0.39 is 9.84 Å². The first-order valence-corrected chi connectivity index (χ1v) is 6.82. The van der Waals surface area contributed by atoms with Crippen molar-refractivity contribution >= 4 is 9.84 Å². The molecule has 2 aliphatic heterocycles. The summed E-state index contributed by atoms with van der Waals surface area (Å²) in [6, 6.07) is 0.